The Morgan fingerprint density at radius 3 is 2.56 bits per heavy atom. The number of nitrogens with one attached hydrogen (secondary N) is 1. The number of halogens is 1. The second-order valence-corrected chi connectivity index (χ2v) is 7.35. The van der Waals surface area contributed by atoms with E-state index in [9.17, 15) is 9.50 Å². The molecule has 1 aromatic heterocycles. The van der Waals surface area contributed by atoms with Crippen LogP contribution in [0.3, 0.4) is 0 Å². The molecule has 0 amide bonds. The standard InChI is InChI=1S/C21H27FN2O/c1-21(11-5-3-2-4-6-12-21)18-8-7-13-23-20(18)24-15-16-9-10-17(22)14-19(16)25/h7-10,13-14,25H,2-6,11-12,15H2,1H3,(H,23,24). The van der Waals surface area contributed by atoms with Crippen LogP contribution in [0.25, 0.3) is 0 Å². The highest BCUT2D eigenvalue weighted by molar-refractivity contribution is 5.49. The predicted octanol–water partition coefficient (Wildman–Crippen LogP) is 5.54. The SMILES string of the molecule is CC1(c2cccnc2NCc2ccc(F)cc2O)CCCCCCC1. The van der Waals surface area contributed by atoms with Crippen molar-refractivity contribution in [2.24, 2.45) is 0 Å². The second kappa shape index (κ2) is 7.85. The highest BCUT2D eigenvalue weighted by Gasteiger charge is 2.29. The van der Waals surface area contributed by atoms with Gasteiger partial charge in [-0.2, -0.15) is 0 Å². The minimum absolute atomic E-state index is 0.0258. The summed E-state index contributed by atoms with van der Waals surface area (Å²) in [5.74, 6) is 0.415. The zero-order chi connectivity index (χ0) is 17.7. The van der Waals surface area contributed by atoms with Crippen molar-refractivity contribution < 1.29 is 9.50 Å². The summed E-state index contributed by atoms with van der Waals surface area (Å²) in [6, 6.07) is 8.29. The fourth-order valence-corrected chi connectivity index (χ4v) is 3.85. The maximum Gasteiger partial charge on any atom is 0.129 e. The number of phenols is 1. The van der Waals surface area contributed by atoms with Crippen molar-refractivity contribution in [2.75, 3.05) is 5.32 Å². The van der Waals surface area contributed by atoms with Crippen LogP contribution >= 0.6 is 0 Å². The molecule has 0 saturated heterocycles. The molecule has 2 N–H and O–H groups in total. The van der Waals surface area contributed by atoms with Crippen LogP contribution in [0.2, 0.25) is 0 Å². The lowest BCUT2D eigenvalue weighted by Crippen LogP contribution is -2.25. The maximum atomic E-state index is 13.1. The van der Waals surface area contributed by atoms with E-state index < -0.39 is 5.82 Å². The van der Waals surface area contributed by atoms with Crippen LogP contribution in [0.15, 0.2) is 36.5 Å². The van der Waals surface area contributed by atoms with Crippen molar-refractivity contribution in [3.63, 3.8) is 0 Å². The molecule has 0 spiro atoms. The third-order valence-corrected chi connectivity index (χ3v) is 5.41. The highest BCUT2D eigenvalue weighted by Crippen LogP contribution is 2.40. The Kier molecular flexibility index (Phi) is 5.57. The van der Waals surface area contributed by atoms with Crippen LogP contribution in [0.1, 0.15) is 63.0 Å². The van der Waals surface area contributed by atoms with Gasteiger partial charge in [0.2, 0.25) is 0 Å². The molecular formula is C21H27FN2O. The van der Waals surface area contributed by atoms with E-state index >= 15 is 0 Å². The Bertz CT molecular complexity index is 709. The average Bonchev–Trinajstić information content (AvgIpc) is 2.58. The first-order chi connectivity index (χ1) is 12.1. The van der Waals surface area contributed by atoms with Crippen LogP contribution in [0.5, 0.6) is 5.75 Å². The van der Waals surface area contributed by atoms with E-state index in [4.69, 9.17) is 0 Å². The summed E-state index contributed by atoms with van der Waals surface area (Å²) >= 11 is 0. The lowest BCUT2D eigenvalue weighted by atomic mass is 9.73. The molecule has 134 valence electrons. The first-order valence-corrected chi connectivity index (χ1v) is 9.25. The zero-order valence-electron chi connectivity index (χ0n) is 14.9. The average molecular weight is 342 g/mol. The molecular weight excluding hydrogens is 315 g/mol. The molecule has 1 fully saturated rings. The van der Waals surface area contributed by atoms with Gasteiger partial charge in [0.15, 0.2) is 0 Å². The zero-order valence-corrected chi connectivity index (χ0v) is 14.9. The van der Waals surface area contributed by atoms with Crippen LogP contribution in [-0.4, -0.2) is 10.1 Å². The molecule has 3 nitrogen and oxygen atoms in total. The van der Waals surface area contributed by atoms with Gasteiger partial charge < -0.3 is 10.4 Å². The van der Waals surface area contributed by atoms with Gasteiger partial charge in [-0.1, -0.05) is 51.2 Å². The molecule has 0 unspecified atom stereocenters. The summed E-state index contributed by atoms with van der Waals surface area (Å²) in [5, 5.41) is 13.3. The Hall–Kier alpha value is -2.10. The molecule has 0 atom stereocenters. The predicted molar refractivity (Wildman–Crippen MR) is 99.3 cm³/mol. The van der Waals surface area contributed by atoms with E-state index in [0.29, 0.717) is 12.1 Å². The molecule has 0 radical (unpaired) electrons. The first-order valence-electron chi connectivity index (χ1n) is 9.25. The number of anilines is 1. The van der Waals surface area contributed by atoms with Crippen molar-refractivity contribution in [3.05, 3.63) is 53.5 Å². The number of rotatable bonds is 4. The van der Waals surface area contributed by atoms with E-state index in [1.165, 1.54) is 56.6 Å². The first kappa shape index (κ1) is 17.7. The number of hydrogen-bond donors (Lipinski definition) is 2. The Morgan fingerprint density at radius 2 is 1.84 bits per heavy atom. The van der Waals surface area contributed by atoms with E-state index in [0.717, 1.165) is 11.9 Å². The summed E-state index contributed by atoms with van der Waals surface area (Å²) in [5.41, 5.74) is 2.04. The lowest BCUT2D eigenvalue weighted by Gasteiger charge is -2.33. The van der Waals surface area contributed by atoms with E-state index in [1.807, 2.05) is 6.07 Å². The van der Waals surface area contributed by atoms with Crippen molar-refractivity contribution in [1.29, 1.82) is 0 Å². The van der Waals surface area contributed by atoms with Crippen LogP contribution < -0.4 is 5.32 Å². The lowest BCUT2D eigenvalue weighted by molar-refractivity contribution is 0.341. The summed E-state index contributed by atoms with van der Waals surface area (Å²) < 4.78 is 13.1. The number of nitrogens with zero attached hydrogens (tertiary/aromatic N) is 1. The largest absolute Gasteiger partial charge is 0.507 e. The van der Waals surface area contributed by atoms with E-state index in [-0.39, 0.29) is 11.2 Å². The molecule has 1 aliphatic carbocycles. The Balaban J connectivity index is 1.80. The summed E-state index contributed by atoms with van der Waals surface area (Å²) in [6.07, 6.45) is 10.6. The number of aromatic nitrogens is 1. The number of aromatic hydroxyl groups is 1. The normalized spacial score (nSPS) is 17.5. The van der Waals surface area contributed by atoms with Crippen LogP contribution in [0, 0.1) is 5.82 Å². The monoisotopic (exact) mass is 342 g/mol. The van der Waals surface area contributed by atoms with Gasteiger partial charge in [0.05, 0.1) is 0 Å². The van der Waals surface area contributed by atoms with Crippen LogP contribution in [0.4, 0.5) is 10.2 Å². The Labute approximate surface area is 149 Å². The molecule has 0 aliphatic heterocycles. The number of benzene rings is 1. The molecule has 25 heavy (non-hydrogen) atoms. The third-order valence-electron chi connectivity index (χ3n) is 5.41. The van der Waals surface area contributed by atoms with Gasteiger partial charge >= 0.3 is 0 Å². The molecule has 1 saturated carbocycles. The fourth-order valence-electron chi connectivity index (χ4n) is 3.85. The fraction of sp³-hybridized carbons (Fsp3) is 0.476. The van der Waals surface area contributed by atoms with Gasteiger partial charge in [0, 0.05) is 29.9 Å². The highest BCUT2D eigenvalue weighted by atomic mass is 19.1. The summed E-state index contributed by atoms with van der Waals surface area (Å²) in [6.45, 7) is 2.77. The van der Waals surface area contributed by atoms with Crippen molar-refractivity contribution in [1.82, 2.24) is 4.98 Å². The third kappa shape index (κ3) is 4.30. The van der Waals surface area contributed by atoms with Crippen molar-refractivity contribution >= 4 is 5.82 Å². The van der Waals surface area contributed by atoms with Gasteiger partial charge in [-0.25, -0.2) is 9.37 Å². The minimum atomic E-state index is -0.429. The molecule has 2 aromatic rings. The maximum absolute atomic E-state index is 13.1. The van der Waals surface area contributed by atoms with Crippen molar-refractivity contribution in [3.8, 4) is 5.75 Å². The van der Waals surface area contributed by atoms with Crippen molar-refractivity contribution in [2.45, 2.75) is 63.8 Å². The smallest absolute Gasteiger partial charge is 0.129 e. The Morgan fingerprint density at radius 1 is 1.12 bits per heavy atom. The molecule has 1 aromatic carbocycles. The number of hydrogen-bond acceptors (Lipinski definition) is 3. The molecule has 1 aliphatic rings. The molecule has 4 heteroatoms. The van der Waals surface area contributed by atoms with Crippen LogP contribution in [-0.2, 0) is 12.0 Å². The van der Waals surface area contributed by atoms with Gasteiger partial charge in [-0.3, -0.25) is 0 Å². The van der Waals surface area contributed by atoms with E-state index in [2.05, 4.69) is 23.3 Å². The number of pyridine rings is 1. The van der Waals surface area contributed by atoms with E-state index in [1.54, 1.807) is 12.3 Å². The van der Waals surface area contributed by atoms with Gasteiger partial charge in [-0.05, 0) is 30.4 Å². The minimum Gasteiger partial charge on any atom is -0.507 e. The quantitative estimate of drug-likeness (QED) is 0.767. The van der Waals surface area contributed by atoms with Gasteiger partial charge in [0.1, 0.15) is 17.4 Å². The molecule has 0 bridgehead atoms. The second-order valence-electron chi connectivity index (χ2n) is 7.35. The number of phenolic OH excluding ortho intramolecular Hbond substituents is 1. The summed E-state index contributed by atoms with van der Waals surface area (Å²) in [7, 11) is 0. The summed E-state index contributed by atoms with van der Waals surface area (Å²) in [4.78, 5) is 4.55. The molecule has 1 heterocycles. The molecule has 3 rings (SSSR count). The topological polar surface area (TPSA) is 45.2 Å². The van der Waals surface area contributed by atoms with Gasteiger partial charge in [0.25, 0.3) is 0 Å². The van der Waals surface area contributed by atoms with Gasteiger partial charge in [-0.15, -0.1) is 0 Å².